The van der Waals surface area contributed by atoms with Crippen molar-refractivity contribution in [3.8, 4) is 0 Å². The minimum absolute atomic E-state index is 0.232. The lowest BCUT2D eigenvalue weighted by Crippen LogP contribution is -2.47. The Morgan fingerprint density at radius 1 is 1.62 bits per heavy atom. The molecule has 0 aromatic carbocycles. The van der Waals surface area contributed by atoms with Crippen LogP contribution in [0.2, 0.25) is 5.15 Å². The number of carbonyl (C=O) groups excluding carboxylic acids is 1. The lowest BCUT2D eigenvalue weighted by Gasteiger charge is -2.36. The van der Waals surface area contributed by atoms with E-state index in [0.717, 1.165) is 19.3 Å². The fourth-order valence-corrected chi connectivity index (χ4v) is 1.83. The van der Waals surface area contributed by atoms with Gasteiger partial charge in [-0.05, 0) is 31.4 Å². The van der Waals surface area contributed by atoms with Gasteiger partial charge in [0.2, 0.25) is 0 Å². The third kappa shape index (κ3) is 2.51. The number of amides is 1. The van der Waals surface area contributed by atoms with Crippen molar-refractivity contribution in [1.29, 1.82) is 0 Å². The highest BCUT2D eigenvalue weighted by Crippen LogP contribution is 2.30. The quantitative estimate of drug-likeness (QED) is 0.785. The zero-order valence-electron chi connectivity index (χ0n) is 8.74. The van der Waals surface area contributed by atoms with Crippen LogP contribution in [0.1, 0.15) is 29.6 Å². The van der Waals surface area contributed by atoms with Crippen molar-refractivity contribution >= 4 is 17.5 Å². The van der Waals surface area contributed by atoms with Crippen molar-refractivity contribution in [3.05, 3.63) is 29.0 Å². The molecule has 0 radical (unpaired) electrons. The van der Waals surface area contributed by atoms with Crippen LogP contribution >= 0.6 is 11.6 Å². The number of nitrogens with one attached hydrogen (secondary N) is 1. The number of aromatic nitrogens is 1. The second-order valence-electron chi connectivity index (χ2n) is 4.13. The van der Waals surface area contributed by atoms with E-state index in [1.54, 1.807) is 6.07 Å². The van der Waals surface area contributed by atoms with Gasteiger partial charge in [-0.15, -0.1) is 0 Å². The summed E-state index contributed by atoms with van der Waals surface area (Å²) >= 11 is 5.68. The summed E-state index contributed by atoms with van der Waals surface area (Å²) in [5, 5.41) is 12.8. The molecule has 5 heteroatoms. The second-order valence-corrected chi connectivity index (χ2v) is 4.52. The molecular formula is C11H13ClN2O2. The lowest BCUT2D eigenvalue weighted by atomic mass is 9.80. The van der Waals surface area contributed by atoms with Gasteiger partial charge >= 0.3 is 0 Å². The van der Waals surface area contributed by atoms with E-state index in [9.17, 15) is 9.90 Å². The fraction of sp³-hybridized carbons (Fsp3) is 0.455. The molecule has 1 heterocycles. The summed E-state index contributed by atoms with van der Waals surface area (Å²) in [6.45, 7) is 0.297. The smallest absolute Gasteiger partial charge is 0.251 e. The molecular weight excluding hydrogens is 228 g/mol. The Hall–Kier alpha value is -1.13. The van der Waals surface area contributed by atoms with Crippen LogP contribution in [-0.2, 0) is 0 Å². The molecule has 0 unspecified atom stereocenters. The number of aliphatic hydroxyl groups is 1. The summed E-state index contributed by atoms with van der Waals surface area (Å²) in [6, 6.07) is 3.09. The molecule has 0 aliphatic heterocycles. The van der Waals surface area contributed by atoms with E-state index in [0.29, 0.717) is 12.1 Å². The van der Waals surface area contributed by atoms with Crippen molar-refractivity contribution in [2.24, 2.45) is 0 Å². The first-order valence-electron chi connectivity index (χ1n) is 5.21. The van der Waals surface area contributed by atoms with Crippen LogP contribution < -0.4 is 5.32 Å². The first-order chi connectivity index (χ1) is 7.59. The van der Waals surface area contributed by atoms with Gasteiger partial charge in [0.15, 0.2) is 0 Å². The van der Waals surface area contributed by atoms with E-state index in [1.807, 2.05) is 0 Å². The van der Waals surface area contributed by atoms with Crippen LogP contribution in [0.3, 0.4) is 0 Å². The number of halogens is 1. The first kappa shape index (κ1) is 11.4. The van der Waals surface area contributed by atoms with Gasteiger partial charge in [-0.1, -0.05) is 11.6 Å². The standard InChI is InChI=1S/C11H13ClN2O2/c12-9-6-8(2-5-13-9)10(15)14-7-11(16)3-1-4-11/h2,5-6,16H,1,3-4,7H2,(H,14,15). The molecule has 1 fully saturated rings. The fourth-order valence-electron chi connectivity index (χ4n) is 1.65. The Bertz CT molecular complexity index is 405. The van der Waals surface area contributed by atoms with Gasteiger partial charge in [-0.2, -0.15) is 0 Å². The topological polar surface area (TPSA) is 62.2 Å². The van der Waals surface area contributed by atoms with Crippen LogP contribution in [0.5, 0.6) is 0 Å². The maximum atomic E-state index is 11.7. The number of carbonyl (C=O) groups is 1. The molecule has 0 saturated heterocycles. The largest absolute Gasteiger partial charge is 0.388 e. The SMILES string of the molecule is O=C(NCC1(O)CCC1)c1ccnc(Cl)c1. The Morgan fingerprint density at radius 2 is 2.38 bits per heavy atom. The molecule has 4 nitrogen and oxygen atoms in total. The van der Waals surface area contributed by atoms with Gasteiger partial charge in [0.05, 0.1) is 5.60 Å². The zero-order valence-corrected chi connectivity index (χ0v) is 9.50. The number of hydrogen-bond donors (Lipinski definition) is 2. The molecule has 1 saturated carbocycles. The molecule has 1 aliphatic rings. The van der Waals surface area contributed by atoms with Crippen molar-refractivity contribution in [2.75, 3.05) is 6.54 Å². The molecule has 16 heavy (non-hydrogen) atoms. The van der Waals surface area contributed by atoms with E-state index >= 15 is 0 Å². The van der Waals surface area contributed by atoms with E-state index in [4.69, 9.17) is 11.6 Å². The first-order valence-corrected chi connectivity index (χ1v) is 5.59. The minimum atomic E-state index is -0.702. The van der Waals surface area contributed by atoms with E-state index in [2.05, 4.69) is 10.3 Å². The lowest BCUT2D eigenvalue weighted by molar-refractivity contribution is -0.0300. The molecule has 86 valence electrons. The van der Waals surface area contributed by atoms with E-state index in [-0.39, 0.29) is 11.1 Å². The average molecular weight is 241 g/mol. The van der Waals surface area contributed by atoms with Gasteiger partial charge < -0.3 is 10.4 Å². The van der Waals surface area contributed by atoms with Gasteiger partial charge in [-0.3, -0.25) is 4.79 Å². The molecule has 0 atom stereocenters. The monoisotopic (exact) mass is 240 g/mol. The molecule has 0 spiro atoms. The average Bonchev–Trinajstić information content (AvgIpc) is 2.23. The highest BCUT2D eigenvalue weighted by Gasteiger charge is 2.34. The predicted molar refractivity (Wildman–Crippen MR) is 60.4 cm³/mol. The molecule has 2 N–H and O–H groups in total. The summed E-state index contributed by atoms with van der Waals surface area (Å²) in [5.74, 6) is -0.232. The van der Waals surface area contributed by atoms with Crippen LogP contribution in [0.25, 0.3) is 0 Å². The Balaban J connectivity index is 1.93. The predicted octanol–water partition coefficient (Wildman–Crippen LogP) is 1.38. The summed E-state index contributed by atoms with van der Waals surface area (Å²) in [5.41, 5.74) is -0.241. The van der Waals surface area contributed by atoms with Crippen molar-refractivity contribution in [2.45, 2.75) is 24.9 Å². The van der Waals surface area contributed by atoms with Crippen LogP contribution in [0.4, 0.5) is 0 Å². The van der Waals surface area contributed by atoms with Crippen LogP contribution in [-0.4, -0.2) is 28.1 Å². The zero-order chi connectivity index (χ0) is 11.6. The van der Waals surface area contributed by atoms with Crippen molar-refractivity contribution in [3.63, 3.8) is 0 Å². The highest BCUT2D eigenvalue weighted by molar-refractivity contribution is 6.29. The number of rotatable bonds is 3. The highest BCUT2D eigenvalue weighted by atomic mass is 35.5. The number of nitrogens with zero attached hydrogens (tertiary/aromatic N) is 1. The minimum Gasteiger partial charge on any atom is -0.388 e. The second kappa shape index (κ2) is 4.39. The van der Waals surface area contributed by atoms with Gasteiger partial charge in [-0.25, -0.2) is 4.98 Å². The third-order valence-corrected chi connectivity index (χ3v) is 3.06. The van der Waals surface area contributed by atoms with Gasteiger partial charge in [0.1, 0.15) is 5.15 Å². The van der Waals surface area contributed by atoms with Gasteiger partial charge in [0.25, 0.3) is 5.91 Å². The maximum absolute atomic E-state index is 11.7. The number of hydrogen-bond acceptors (Lipinski definition) is 3. The summed E-state index contributed by atoms with van der Waals surface area (Å²) in [4.78, 5) is 15.5. The normalized spacial score (nSPS) is 17.6. The van der Waals surface area contributed by atoms with Crippen LogP contribution in [0.15, 0.2) is 18.3 Å². The Morgan fingerprint density at radius 3 is 2.94 bits per heavy atom. The molecule has 1 aromatic rings. The summed E-state index contributed by atoms with van der Waals surface area (Å²) in [7, 11) is 0. The summed E-state index contributed by atoms with van der Waals surface area (Å²) in [6.07, 6.45) is 4.01. The Kier molecular flexibility index (Phi) is 3.12. The molecule has 1 aliphatic carbocycles. The molecule has 2 rings (SSSR count). The molecule has 1 aromatic heterocycles. The van der Waals surface area contributed by atoms with Crippen LogP contribution in [0, 0.1) is 0 Å². The van der Waals surface area contributed by atoms with E-state index in [1.165, 1.54) is 12.3 Å². The van der Waals surface area contributed by atoms with Crippen molar-refractivity contribution < 1.29 is 9.90 Å². The summed E-state index contributed by atoms with van der Waals surface area (Å²) < 4.78 is 0. The molecule has 0 bridgehead atoms. The molecule has 1 amide bonds. The van der Waals surface area contributed by atoms with Gasteiger partial charge in [0, 0.05) is 18.3 Å². The number of pyridine rings is 1. The Labute approximate surface area is 98.6 Å². The maximum Gasteiger partial charge on any atom is 0.251 e. The third-order valence-electron chi connectivity index (χ3n) is 2.85. The van der Waals surface area contributed by atoms with E-state index < -0.39 is 5.60 Å². The van der Waals surface area contributed by atoms with Crippen molar-refractivity contribution in [1.82, 2.24) is 10.3 Å².